The van der Waals surface area contributed by atoms with Crippen molar-refractivity contribution in [2.45, 2.75) is 57.4 Å². The van der Waals surface area contributed by atoms with E-state index in [1.165, 1.54) is 26.4 Å². The number of likely N-dealkylation sites (tertiary alicyclic amines) is 1. The predicted molar refractivity (Wildman–Crippen MR) is 109 cm³/mol. The Labute approximate surface area is 176 Å². The third-order valence-corrected chi connectivity index (χ3v) is 7.77. The maximum absolute atomic E-state index is 13.7. The van der Waals surface area contributed by atoms with Crippen molar-refractivity contribution < 1.29 is 23.9 Å². The van der Waals surface area contributed by atoms with Gasteiger partial charge in [0.2, 0.25) is 5.91 Å². The molecule has 0 aromatic heterocycles. The summed E-state index contributed by atoms with van der Waals surface area (Å²) in [5.74, 6) is 1.85. The Hall–Kier alpha value is -2.37. The van der Waals surface area contributed by atoms with Crippen LogP contribution >= 0.6 is 0 Å². The molecule has 0 N–H and O–H groups in total. The van der Waals surface area contributed by atoms with Crippen molar-refractivity contribution in [2.24, 2.45) is 23.2 Å². The molecule has 5 fully saturated rings. The van der Waals surface area contributed by atoms with Gasteiger partial charge in [0.15, 0.2) is 0 Å². The van der Waals surface area contributed by atoms with Gasteiger partial charge in [-0.3, -0.25) is 4.79 Å². The van der Waals surface area contributed by atoms with E-state index in [0.29, 0.717) is 42.0 Å². The van der Waals surface area contributed by atoms with Gasteiger partial charge in [0.1, 0.15) is 11.8 Å². The molecule has 160 valence electrons. The predicted octanol–water partition coefficient (Wildman–Crippen LogP) is 3.59. The molecule has 1 aromatic carbocycles. The normalized spacial score (nSPS) is 34.1. The molecule has 6 nitrogen and oxygen atoms in total. The van der Waals surface area contributed by atoms with Gasteiger partial charge in [0.05, 0.1) is 18.1 Å². The smallest absolute Gasteiger partial charge is 0.337 e. The zero-order chi connectivity index (χ0) is 20.9. The fourth-order valence-corrected chi connectivity index (χ4v) is 6.89. The van der Waals surface area contributed by atoms with Crippen LogP contribution in [-0.4, -0.2) is 42.4 Å². The van der Waals surface area contributed by atoms with Crippen molar-refractivity contribution in [1.82, 2.24) is 4.90 Å². The van der Waals surface area contributed by atoms with E-state index in [4.69, 9.17) is 4.74 Å². The zero-order valence-corrected chi connectivity index (χ0v) is 17.5. The Morgan fingerprint density at radius 3 is 2.13 bits per heavy atom. The molecule has 30 heavy (non-hydrogen) atoms. The van der Waals surface area contributed by atoms with Crippen LogP contribution in [0.5, 0.6) is 5.75 Å². The second-order valence-electron chi connectivity index (χ2n) is 9.79. The van der Waals surface area contributed by atoms with Gasteiger partial charge in [-0.05, 0) is 93.4 Å². The van der Waals surface area contributed by atoms with Crippen LogP contribution in [-0.2, 0) is 14.3 Å². The summed E-state index contributed by atoms with van der Waals surface area (Å²) in [5.41, 5.74) is 0.163. The second-order valence-corrected chi connectivity index (χ2v) is 9.79. The first-order valence-electron chi connectivity index (χ1n) is 11.2. The van der Waals surface area contributed by atoms with Crippen LogP contribution in [0.25, 0.3) is 0 Å². The highest BCUT2D eigenvalue weighted by Gasteiger charge is 2.57. The van der Waals surface area contributed by atoms with Crippen molar-refractivity contribution in [2.75, 3.05) is 13.7 Å². The average molecular weight is 411 g/mol. The first-order chi connectivity index (χ1) is 14.5. The Bertz CT molecular complexity index is 826. The molecule has 1 aromatic rings. The number of carbonyl (C=O) groups is 3. The van der Waals surface area contributed by atoms with E-state index in [-0.39, 0.29) is 17.3 Å². The van der Waals surface area contributed by atoms with E-state index >= 15 is 0 Å². The molecule has 6 rings (SSSR count). The highest BCUT2D eigenvalue weighted by atomic mass is 16.5. The van der Waals surface area contributed by atoms with Crippen LogP contribution in [0, 0.1) is 23.2 Å². The van der Waals surface area contributed by atoms with Crippen molar-refractivity contribution >= 4 is 17.8 Å². The largest absolute Gasteiger partial charge is 0.465 e. The van der Waals surface area contributed by atoms with Crippen LogP contribution < -0.4 is 4.74 Å². The Kier molecular flexibility index (Phi) is 4.83. The number of hydrogen-bond acceptors (Lipinski definition) is 5. The minimum Gasteiger partial charge on any atom is -0.465 e. The van der Waals surface area contributed by atoms with Crippen molar-refractivity contribution in [3.8, 4) is 5.75 Å². The van der Waals surface area contributed by atoms with Gasteiger partial charge in [-0.25, -0.2) is 9.59 Å². The van der Waals surface area contributed by atoms with Gasteiger partial charge < -0.3 is 14.4 Å². The molecular weight excluding hydrogens is 382 g/mol. The topological polar surface area (TPSA) is 72.9 Å². The highest BCUT2D eigenvalue weighted by Crippen LogP contribution is 2.60. The van der Waals surface area contributed by atoms with E-state index in [2.05, 4.69) is 4.74 Å². The van der Waals surface area contributed by atoms with Gasteiger partial charge in [0, 0.05) is 6.54 Å². The van der Waals surface area contributed by atoms with Gasteiger partial charge in [-0.15, -0.1) is 0 Å². The molecule has 1 unspecified atom stereocenters. The maximum Gasteiger partial charge on any atom is 0.337 e. The number of hydrogen-bond donors (Lipinski definition) is 0. The molecule has 6 heteroatoms. The number of amides is 1. The number of esters is 2. The first-order valence-corrected chi connectivity index (χ1v) is 11.2. The molecule has 0 radical (unpaired) electrons. The van der Waals surface area contributed by atoms with Crippen LogP contribution in [0.4, 0.5) is 0 Å². The standard InChI is InChI=1S/C24H29NO5/c1-29-21(26)18-4-6-19(7-5-18)30-22(27)20-3-2-8-25(20)23(28)24-12-15-9-16(13-24)11-17(10-15)14-24/h4-7,15-17,20H,2-3,8-14H2,1H3. The first kappa shape index (κ1) is 19.6. The number of nitrogens with zero attached hydrogens (tertiary/aromatic N) is 1. The summed E-state index contributed by atoms with van der Waals surface area (Å²) >= 11 is 0. The third-order valence-electron chi connectivity index (χ3n) is 7.77. The van der Waals surface area contributed by atoms with E-state index in [1.807, 2.05) is 4.90 Å². The fourth-order valence-electron chi connectivity index (χ4n) is 6.89. The molecule has 5 aliphatic rings. The lowest BCUT2D eigenvalue weighted by Crippen LogP contribution is -2.56. The molecular formula is C24H29NO5. The Balaban J connectivity index is 1.28. The molecule has 4 aliphatic carbocycles. The summed E-state index contributed by atoms with van der Waals surface area (Å²) in [6, 6.07) is 5.81. The van der Waals surface area contributed by atoms with Gasteiger partial charge in [0.25, 0.3) is 0 Å². The van der Waals surface area contributed by atoms with E-state index in [9.17, 15) is 14.4 Å². The lowest BCUT2D eigenvalue weighted by molar-refractivity contribution is -0.162. The van der Waals surface area contributed by atoms with E-state index in [0.717, 1.165) is 25.7 Å². The molecule has 1 atom stereocenters. The van der Waals surface area contributed by atoms with Crippen LogP contribution in [0.1, 0.15) is 61.7 Å². The summed E-state index contributed by atoms with van der Waals surface area (Å²) in [7, 11) is 1.33. The maximum atomic E-state index is 13.7. The number of methoxy groups -OCH3 is 1. The van der Waals surface area contributed by atoms with Crippen LogP contribution in [0.3, 0.4) is 0 Å². The monoisotopic (exact) mass is 411 g/mol. The molecule has 4 bridgehead atoms. The number of ether oxygens (including phenoxy) is 2. The van der Waals surface area contributed by atoms with Gasteiger partial charge >= 0.3 is 11.9 Å². The minimum atomic E-state index is -0.509. The van der Waals surface area contributed by atoms with Gasteiger partial charge in [-0.2, -0.15) is 0 Å². The summed E-state index contributed by atoms with van der Waals surface area (Å²) in [5, 5.41) is 0. The molecule has 1 saturated heterocycles. The van der Waals surface area contributed by atoms with Crippen molar-refractivity contribution in [3.63, 3.8) is 0 Å². The number of rotatable bonds is 4. The van der Waals surface area contributed by atoms with Crippen LogP contribution in [0.15, 0.2) is 24.3 Å². The highest BCUT2D eigenvalue weighted by molar-refractivity contribution is 5.91. The Morgan fingerprint density at radius 1 is 0.967 bits per heavy atom. The lowest BCUT2D eigenvalue weighted by Gasteiger charge is -2.56. The van der Waals surface area contributed by atoms with Crippen LogP contribution in [0.2, 0.25) is 0 Å². The zero-order valence-electron chi connectivity index (χ0n) is 17.5. The van der Waals surface area contributed by atoms with Gasteiger partial charge in [-0.1, -0.05) is 0 Å². The van der Waals surface area contributed by atoms with E-state index in [1.54, 1.807) is 24.3 Å². The third kappa shape index (κ3) is 3.30. The second kappa shape index (κ2) is 7.40. The molecule has 1 heterocycles. The van der Waals surface area contributed by atoms with Crippen molar-refractivity contribution in [1.29, 1.82) is 0 Å². The Morgan fingerprint density at radius 2 is 1.57 bits per heavy atom. The number of benzene rings is 1. The fraction of sp³-hybridized carbons (Fsp3) is 0.625. The van der Waals surface area contributed by atoms with E-state index < -0.39 is 12.0 Å². The quantitative estimate of drug-likeness (QED) is 0.559. The van der Waals surface area contributed by atoms with Crippen molar-refractivity contribution in [3.05, 3.63) is 29.8 Å². The SMILES string of the molecule is COC(=O)c1ccc(OC(=O)C2CCCN2C(=O)C23CC4CC(CC(C4)C2)C3)cc1. The number of carbonyl (C=O) groups excluding carboxylic acids is 3. The summed E-state index contributed by atoms with van der Waals surface area (Å²) in [6.07, 6.45) is 8.37. The molecule has 1 amide bonds. The summed E-state index contributed by atoms with van der Waals surface area (Å²) < 4.78 is 10.3. The molecule has 1 aliphatic heterocycles. The lowest BCUT2D eigenvalue weighted by atomic mass is 9.49. The minimum absolute atomic E-state index is 0.196. The average Bonchev–Trinajstić information content (AvgIpc) is 3.22. The molecule has 0 spiro atoms. The molecule has 4 saturated carbocycles. The summed E-state index contributed by atoms with van der Waals surface area (Å²) in [6.45, 7) is 0.641. The summed E-state index contributed by atoms with van der Waals surface area (Å²) in [4.78, 5) is 40.0.